The van der Waals surface area contributed by atoms with Crippen molar-refractivity contribution in [3.63, 3.8) is 0 Å². The molecular formula is C47H86O12S. The maximum atomic E-state index is 12.8. The molecule has 1 saturated heterocycles. The van der Waals surface area contributed by atoms with Gasteiger partial charge in [0.1, 0.15) is 36.8 Å². The summed E-state index contributed by atoms with van der Waals surface area (Å²) in [7, 11) is -4.60. The predicted octanol–water partition coefficient (Wildman–Crippen LogP) is 10.0. The highest BCUT2D eigenvalue weighted by Crippen LogP contribution is 2.24. The first-order valence-corrected chi connectivity index (χ1v) is 25.5. The molecule has 6 atom stereocenters. The first-order chi connectivity index (χ1) is 29.0. The molecule has 0 amide bonds. The standard InChI is InChI=1S/C47H86O12S/c1-3-5-7-9-11-13-15-17-19-20-22-24-26-28-30-32-34-36-43(49)58-40(38-57-47-46(52)45(51)44(50)41(59-47)39-60(53,54)55)37-56-42(48)35-33-31-29-27-25-23-21-18-16-14-12-10-8-6-4-2/h17,19,23,25,40-41,44-47,50-52H,3-16,18,20-22,24,26-39H2,1-2H3,(H,53,54,55)/b19-17+,25-23+/t40-,41-,44-,45?,46?,47+/m1/s1. The molecule has 352 valence electrons. The summed E-state index contributed by atoms with van der Waals surface area (Å²) in [6.45, 7) is 3.75. The van der Waals surface area contributed by atoms with E-state index in [9.17, 15) is 37.9 Å². The molecule has 12 nitrogen and oxygen atoms in total. The second-order valence-corrected chi connectivity index (χ2v) is 18.3. The van der Waals surface area contributed by atoms with Gasteiger partial charge in [-0.1, -0.05) is 154 Å². The largest absolute Gasteiger partial charge is 0.462 e. The summed E-state index contributed by atoms with van der Waals surface area (Å²) in [5, 5.41) is 30.9. The van der Waals surface area contributed by atoms with Crippen LogP contribution in [0, 0.1) is 0 Å². The molecule has 1 aliphatic rings. The third kappa shape index (κ3) is 31.9. The van der Waals surface area contributed by atoms with Gasteiger partial charge in [0.25, 0.3) is 10.1 Å². The van der Waals surface area contributed by atoms with Gasteiger partial charge in [0.05, 0.1) is 6.61 Å². The Kier molecular flexibility index (Phi) is 35.2. The average molecular weight is 875 g/mol. The molecule has 0 saturated carbocycles. The van der Waals surface area contributed by atoms with Crippen LogP contribution in [0.4, 0.5) is 0 Å². The number of carbonyl (C=O) groups excluding carboxylic acids is 2. The first kappa shape index (κ1) is 56.1. The normalized spacial score (nSPS) is 20.3. The molecule has 60 heavy (non-hydrogen) atoms. The van der Waals surface area contributed by atoms with Crippen molar-refractivity contribution in [1.82, 2.24) is 0 Å². The number of allylic oxidation sites excluding steroid dienone is 4. The summed E-state index contributed by atoms with van der Waals surface area (Å²) in [4.78, 5) is 25.4. The number of aliphatic hydroxyl groups excluding tert-OH is 3. The molecule has 2 unspecified atom stereocenters. The molecule has 0 bridgehead atoms. The van der Waals surface area contributed by atoms with Gasteiger partial charge in [-0.25, -0.2) is 0 Å². The minimum atomic E-state index is -4.60. The van der Waals surface area contributed by atoms with E-state index >= 15 is 0 Å². The second-order valence-electron chi connectivity index (χ2n) is 16.8. The van der Waals surface area contributed by atoms with Gasteiger partial charge in [-0.05, 0) is 64.2 Å². The first-order valence-electron chi connectivity index (χ1n) is 23.9. The van der Waals surface area contributed by atoms with E-state index in [4.69, 9.17) is 18.9 Å². The van der Waals surface area contributed by atoms with Crippen LogP contribution >= 0.6 is 0 Å². The Balaban J connectivity index is 2.43. The minimum absolute atomic E-state index is 0.158. The van der Waals surface area contributed by atoms with Crippen molar-refractivity contribution < 1.29 is 56.8 Å². The predicted molar refractivity (Wildman–Crippen MR) is 238 cm³/mol. The lowest BCUT2D eigenvalue weighted by Gasteiger charge is -2.40. The number of rotatable bonds is 40. The van der Waals surface area contributed by atoms with E-state index < -0.39 is 71.2 Å². The summed E-state index contributed by atoms with van der Waals surface area (Å²) >= 11 is 0. The number of unbranched alkanes of at least 4 members (excludes halogenated alkanes) is 24. The summed E-state index contributed by atoms with van der Waals surface area (Å²) in [6.07, 6.45) is 32.2. The van der Waals surface area contributed by atoms with E-state index in [2.05, 4.69) is 38.2 Å². The molecule has 1 heterocycles. The maximum absolute atomic E-state index is 12.8. The molecule has 13 heteroatoms. The van der Waals surface area contributed by atoms with Crippen molar-refractivity contribution >= 4 is 22.1 Å². The van der Waals surface area contributed by atoms with Crippen LogP contribution in [0.1, 0.15) is 206 Å². The smallest absolute Gasteiger partial charge is 0.306 e. The molecule has 1 fully saturated rings. The van der Waals surface area contributed by atoms with Crippen LogP contribution in [-0.2, 0) is 38.7 Å². The van der Waals surface area contributed by atoms with E-state index in [1.54, 1.807) is 0 Å². The van der Waals surface area contributed by atoms with Crippen LogP contribution < -0.4 is 0 Å². The van der Waals surface area contributed by atoms with Crippen molar-refractivity contribution in [1.29, 1.82) is 0 Å². The van der Waals surface area contributed by atoms with Gasteiger partial charge < -0.3 is 34.3 Å². The fraction of sp³-hybridized carbons (Fsp3) is 0.872. The lowest BCUT2D eigenvalue weighted by Crippen LogP contribution is -2.60. The van der Waals surface area contributed by atoms with E-state index in [-0.39, 0.29) is 19.4 Å². The summed E-state index contributed by atoms with van der Waals surface area (Å²) in [6, 6.07) is 0. The van der Waals surface area contributed by atoms with Crippen molar-refractivity contribution in [3.05, 3.63) is 24.3 Å². The number of carbonyl (C=O) groups is 2. The Hall–Kier alpha value is -1.87. The SMILES string of the molecule is CCCCCCCC/C=C/CCCCCCCCCC(=O)O[C@H](COC(=O)CCCCC/C=C/CCCCCCCCCC)CO[C@H]1O[C@H](CS(=O)(=O)O)[C@@H](O)C(O)C1O. The van der Waals surface area contributed by atoms with Crippen LogP contribution in [0.15, 0.2) is 24.3 Å². The van der Waals surface area contributed by atoms with Gasteiger partial charge in [0.15, 0.2) is 12.4 Å². The fourth-order valence-corrected chi connectivity index (χ4v) is 7.95. The van der Waals surface area contributed by atoms with Gasteiger partial charge in [0.2, 0.25) is 0 Å². The number of esters is 2. The van der Waals surface area contributed by atoms with Crippen molar-refractivity contribution in [2.24, 2.45) is 0 Å². The second kappa shape index (κ2) is 37.7. The van der Waals surface area contributed by atoms with Gasteiger partial charge in [-0.3, -0.25) is 14.1 Å². The van der Waals surface area contributed by atoms with Gasteiger partial charge in [-0.15, -0.1) is 0 Å². The Morgan fingerprint density at radius 3 is 1.40 bits per heavy atom. The quantitative estimate of drug-likeness (QED) is 0.0198. The van der Waals surface area contributed by atoms with E-state index in [1.165, 1.54) is 109 Å². The Morgan fingerprint density at radius 1 is 0.550 bits per heavy atom. The van der Waals surface area contributed by atoms with Crippen molar-refractivity contribution in [2.45, 2.75) is 243 Å². The topological polar surface area (TPSA) is 186 Å². The third-order valence-electron chi connectivity index (χ3n) is 11.0. The Morgan fingerprint density at radius 2 is 0.950 bits per heavy atom. The van der Waals surface area contributed by atoms with Crippen molar-refractivity contribution in [3.8, 4) is 0 Å². The molecule has 1 rings (SSSR count). The molecule has 0 radical (unpaired) electrons. The minimum Gasteiger partial charge on any atom is -0.462 e. The summed E-state index contributed by atoms with van der Waals surface area (Å²) < 4.78 is 54.1. The van der Waals surface area contributed by atoms with Gasteiger partial charge in [0, 0.05) is 12.8 Å². The van der Waals surface area contributed by atoms with E-state index in [1.807, 2.05) is 0 Å². The molecule has 0 spiro atoms. The van der Waals surface area contributed by atoms with E-state index in [0.717, 1.165) is 57.8 Å². The Bertz CT molecular complexity index is 1210. The fourth-order valence-electron chi connectivity index (χ4n) is 7.25. The van der Waals surface area contributed by atoms with Crippen LogP contribution in [0.5, 0.6) is 0 Å². The molecular weight excluding hydrogens is 789 g/mol. The number of hydrogen-bond acceptors (Lipinski definition) is 11. The molecule has 4 N–H and O–H groups in total. The average Bonchev–Trinajstić information content (AvgIpc) is 3.21. The summed E-state index contributed by atoms with van der Waals surface area (Å²) in [5.41, 5.74) is 0. The zero-order valence-electron chi connectivity index (χ0n) is 37.6. The lowest BCUT2D eigenvalue weighted by atomic mass is 10.00. The number of aliphatic hydroxyl groups is 3. The highest BCUT2D eigenvalue weighted by Gasteiger charge is 2.46. The molecule has 0 aromatic carbocycles. The maximum Gasteiger partial charge on any atom is 0.306 e. The van der Waals surface area contributed by atoms with Crippen LogP contribution in [0.2, 0.25) is 0 Å². The molecule has 0 aromatic heterocycles. The number of ether oxygens (including phenoxy) is 4. The molecule has 1 aliphatic heterocycles. The highest BCUT2D eigenvalue weighted by molar-refractivity contribution is 7.85. The van der Waals surface area contributed by atoms with Gasteiger partial charge >= 0.3 is 11.9 Å². The molecule has 0 aromatic rings. The van der Waals surface area contributed by atoms with Crippen molar-refractivity contribution in [2.75, 3.05) is 19.0 Å². The highest BCUT2D eigenvalue weighted by atomic mass is 32.2. The van der Waals surface area contributed by atoms with Crippen LogP contribution in [0.25, 0.3) is 0 Å². The molecule has 0 aliphatic carbocycles. The third-order valence-corrected chi connectivity index (χ3v) is 11.8. The lowest BCUT2D eigenvalue weighted by molar-refractivity contribution is -0.297. The van der Waals surface area contributed by atoms with Gasteiger partial charge in [-0.2, -0.15) is 8.42 Å². The Labute approximate surface area is 364 Å². The monoisotopic (exact) mass is 875 g/mol. The van der Waals surface area contributed by atoms with Crippen LogP contribution in [0.3, 0.4) is 0 Å². The summed E-state index contributed by atoms with van der Waals surface area (Å²) in [5.74, 6) is -2.00. The zero-order valence-corrected chi connectivity index (χ0v) is 38.4. The van der Waals surface area contributed by atoms with Crippen LogP contribution in [-0.4, -0.2) is 96.0 Å². The number of hydrogen-bond donors (Lipinski definition) is 4. The zero-order chi connectivity index (χ0) is 44.1. The van der Waals surface area contributed by atoms with E-state index in [0.29, 0.717) is 12.8 Å².